The summed E-state index contributed by atoms with van der Waals surface area (Å²) in [6.07, 6.45) is 2.53. The van der Waals surface area contributed by atoms with E-state index in [1.807, 2.05) is 0 Å². The Balaban J connectivity index is 1.86. The summed E-state index contributed by atoms with van der Waals surface area (Å²) in [6.45, 7) is 4.70. The van der Waals surface area contributed by atoms with Crippen molar-refractivity contribution in [2.75, 3.05) is 0 Å². The summed E-state index contributed by atoms with van der Waals surface area (Å²) in [7, 11) is 0. The molecule has 2 aromatic rings. The van der Waals surface area contributed by atoms with Gasteiger partial charge in [0.2, 0.25) is 0 Å². The monoisotopic (exact) mass is 279 g/mol. The highest BCUT2D eigenvalue weighted by Gasteiger charge is 2.33. The third-order valence-electron chi connectivity index (χ3n) is 4.81. The highest BCUT2D eigenvalue weighted by molar-refractivity contribution is 5.24. The number of hydrogen-bond acceptors (Lipinski definition) is 1. The second-order valence-electron chi connectivity index (χ2n) is 6.50. The third kappa shape index (κ3) is 3.19. The predicted molar refractivity (Wildman–Crippen MR) is 89.1 cm³/mol. The molecule has 110 valence electrons. The van der Waals surface area contributed by atoms with Crippen LogP contribution in [0.15, 0.2) is 60.7 Å². The van der Waals surface area contributed by atoms with Crippen LogP contribution in [0.5, 0.6) is 0 Å². The molecule has 1 N–H and O–H groups in total. The van der Waals surface area contributed by atoms with Crippen molar-refractivity contribution < 1.29 is 0 Å². The standard InChI is InChI=1S/C20H25N/c1-15(2)18-13-14-19(16-9-5-3-6-10-16)21-20(18)17-11-7-4-8-12-17/h3-12,15,18-21H,13-14H2,1-2H3/t18-,19-,20-/m0/s1. The third-order valence-corrected chi connectivity index (χ3v) is 4.81. The van der Waals surface area contributed by atoms with Crippen molar-refractivity contribution in [1.82, 2.24) is 5.32 Å². The first kappa shape index (κ1) is 14.3. The van der Waals surface area contributed by atoms with Crippen molar-refractivity contribution in [3.8, 4) is 0 Å². The van der Waals surface area contributed by atoms with Crippen LogP contribution in [0.1, 0.15) is 49.9 Å². The van der Waals surface area contributed by atoms with Gasteiger partial charge in [0.15, 0.2) is 0 Å². The fourth-order valence-electron chi connectivity index (χ4n) is 3.62. The summed E-state index contributed by atoms with van der Waals surface area (Å²) in [5, 5.41) is 3.92. The second kappa shape index (κ2) is 6.44. The summed E-state index contributed by atoms with van der Waals surface area (Å²) in [5.74, 6) is 1.42. The molecule has 1 fully saturated rings. The molecule has 0 spiro atoms. The Kier molecular flexibility index (Phi) is 4.40. The van der Waals surface area contributed by atoms with Crippen molar-refractivity contribution in [3.63, 3.8) is 0 Å². The number of nitrogens with one attached hydrogen (secondary N) is 1. The van der Waals surface area contributed by atoms with Crippen molar-refractivity contribution in [3.05, 3.63) is 71.8 Å². The average Bonchev–Trinajstić information content (AvgIpc) is 2.56. The molecule has 0 saturated carbocycles. The van der Waals surface area contributed by atoms with E-state index >= 15 is 0 Å². The molecule has 0 aromatic heterocycles. The lowest BCUT2D eigenvalue weighted by molar-refractivity contribution is 0.184. The van der Waals surface area contributed by atoms with Crippen LogP contribution in [0.4, 0.5) is 0 Å². The Morgan fingerprint density at radius 1 is 0.810 bits per heavy atom. The molecule has 1 heteroatoms. The smallest absolute Gasteiger partial charge is 0.0356 e. The Morgan fingerprint density at radius 3 is 1.95 bits per heavy atom. The van der Waals surface area contributed by atoms with Gasteiger partial charge in [-0.05, 0) is 35.8 Å². The first-order valence-corrected chi connectivity index (χ1v) is 8.11. The van der Waals surface area contributed by atoms with E-state index in [1.165, 1.54) is 24.0 Å². The minimum absolute atomic E-state index is 0.463. The van der Waals surface area contributed by atoms with E-state index in [4.69, 9.17) is 0 Å². The lowest BCUT2D eigenvalue weighted by atomic mass is 9.76. The van der Waals surface area contributed by atoms with Gasteiger partial charge < -0.3 is 5.32 Å². The van der Waals surface area contributed by atoms with E-state index in [9.17, 15) is 0 Å². The van der Waals surface area contributed by atoms with Crippen LogP contribution in [0, 0.1) is 11.8 Å². The Bertz CT molecular complexity index is 547. The van der Waals surface area contributed by atoms with Gasteiger partial charge in [-0.25, -0.2) is 0 Å². The van der Waals surface area contributed by atoms with Gasteiger partial charge in [0.05, 0.1) is 0 Å². The van der Waals surface area contributed by atoms with E-state index in [0.29, 0.717) is 23.9 Å². The van der Waals surface area contributed by atoms with Crippen LogP contribution in [0.25, 0.3) is 0 Å². The molecule has 21 heavy (non-hydrogen) atoms. The molecule has 1 heterocycles. The summed E-state index contributed by atoms with van der Waals surface area (Å²) >= 11 is 0. The molecular formula is C20H25N. The lowest BCUT2D eigenvalue weighted by Gasteiger charge is -2.40. The van der Waals surface area contributed by atoms with E-state index in [1.54, 1.807) is 0 Å². The van der Waals surface area contributed by atoms with Crippen molar-refractivity contribution in [2.24, 2.45) is 11.8 Å². The number of rotatable bonds is 3. The number of hydrogen-bond donors (Lipinski definition) is 1. The fraction of sp³-hybridized carbons (Fsp3) is 0.400. The summed E-state index contributed by atoms with van der Waals surface area (Å²) in [5.41, 5.74) is 2.84. The van der Waals surface area contributed by atoms with Gasteiger partial charge in [0.25, 0.3) is 0 Å². The quantitative estimate of drug-likeness (QED) is 0.821. The Labute approximate surface area is 128 Å². The highest BCUT2D eigenvalue weighted by Crippen LogP contribution is 2.40. The van der Waals surface area contributed by atoms with Crippen molar-refractivity contribution in [1.29, 1.82) is 0 Å². The maximum absolute atomic E-state index is 3.92. The largest absolute Gasteiger partial charge is 0.303 e. The molecular weight excluding hydrogens is 254 g/mol. The number of piperidine rings is 1. The average molecular weight is 279 g/mol. The zero-order valence-corrected chi connectivity index (χ0v) is 13.0. The van der Waals surface area contributed by atoms with Crippen LogP contribution in [-0.4, -0.2) is 0 Å². The maximum atomic E-state index is 3.92. The van der Waals surface area contributed by atoms with E-state index in [0.717, 1.165) is 0 Å². The molecule has 0 radical (unpaired) electrons. The predicted octanol–water partition coefficient (Wildman–Crippen LogP) is 5.12. The number of benzene rings is 2. The van der Waals surface area contributed by atoms with Crippen LogP contribution in [-0.2, 0) is 0 Å². The molecule has 3 rings (SSSR count). The molecule has 2 aromatic carbocycles. The van der Waals surface area contributed by atoms with Gasteiger partial charge in [-0.3, -0.25) is 0 Å². The van der Waals surface area contributed by atoms with Gasteiger partial charge in [0.1, 0.15) is 0 Å². The van der Waals surface area contributed by atoms with Gasteiger partial charge in [0, 0.05) is 12.1 Å². The van der Waals surface area contributed by atoms with E-state index < -0.39 is 0 Å². The Hall–Kier alpha value is -1.60. The molecule has 1 aliphatic rings. The van der Waals surface area contributed by atoms with Gasteiger partial charge in [-0.2, -0.15) is 0 Å². The zero-order chi connectivity index (χ0) is 14.7. The molecule has 0 unspecified atom stereocenters. The van der Waals surface area contributed by atoms with Crippen molar-refractivity contribution >= 4 is 0 Å². The maximum Gasteiger partial charge on any atom is 0.0356 e. The molecule has 1 saturated heterocycles. The SMILES string of the molecule is CC(C)[C@@H]1CC[C@@H](c2ccccc2)N[C@H]1c1ccccc1. The molecule has 1 nitrogen and oxygen atoms in total. The molecule has 1 aliphatic heterocycles. The summed E-state index contributed by atoms with van der Waals surface area (Å²) < 4.78 is 0. The molecule has 3 atom stereocenters. The van der Waals surface area contributed by atoms with Crippen LogP contribution in [0.3, 0.4) is 0 Å². The fourth-order valence-corrected chi connectivity index (χ4v) is 3.62. The van der Waals surface area contributed by atoms with E-state index in [2.05, 4.69) is 79.8 Å². The minimum atomic E-state index is 0.463. The van der Waals surface area contributed by atoms with Crippen LogP contribution in [0.2, 0.25) is 0 Å². The normalized spacial score (nSPS) is 26.0. The van der Waals surface area contributed by atoms with Gasteiger partial charge in [-0.15, -0.1) is 0 Å². The van der Waals surface area contributed by atoms with Crippen LogP contribution >= 0.6 is 0 Å². The summed E-state index contributed by atoms with van der Waals surface area (Å²) in [6, 6.07) is 22.7. The van der Waals surface area contributed by atoms with Gasteiger partial charge >= 0.3 is 0 Å². The topological polar surface area (TPSA) is 12.0 Å². The zero-order valence-electron chi connectivity index (χ0n) is 13.0. The molecule has 0 amide bonds. The Morgan fingerprint density at radius 2 is 1.38 bits per heavy atom. The first-order valence-electron chi connectivity index (χ1n) is 8.11. The molecule has 0 aliphatic carbocycles. The lowest BCUT2D eigenvalue weighted by Crippen LogP contribution is -2.38. The summed E-state index contributed by atoms with van der Waals surface area (Å²) in [4.78, 5) is 0. The van der Waals surface area contributed by atoms with Crippen molar-refractivity contribution in [2.45, 2.75) is 38.8 Å². The van der Waals surface area contributed by atoms with E-state index in [-0.39, 0.29) is 0 Å². The first-order chi connectivity index (χ1) is 10.3. The van der Waals surface area contributed by atoms with Crippen LogP contribution < -0.4 is 5.32 Å². The van der Waals surface area contributed by atoms with Gasteiger partial charge in [-0.1, -0.05) is 74.5 Å². The highest BCUT2D eigenvalue weighted by atomic mass is 15.0. The minimum Gasteiger partial charge on any atom is -0.303 e. The second-order valence-corrected chi connectivity index (χ2v) is 6.50. The molecule has 0 bridgehead atoms.